The minimum absolute atomic E-state index is 0.00194. The van der Waals surface area contributed by atoms with Gasteiger partial charge >= 0.3 is 0 Å². The molecule has 3 rings (SSSR count). The minimum Gasteiger partial charge on any atom is -0.497 e. The van der Waals surface area contributed by atoms with Gasteiger partial charge in [0.1, 0.15) is 5.75 Å². The summed E-state index contributed by atoms with van der Waals surface area (Å²) in [6, 6.07) is 10.6. The van der Waals surface area contributed by atoms with Gasteiger partial charge in [-0.3, -0.25) is 4.79 Å². The molecule has 0 aromatic heterocycles. The van der Waals surface area contributed by atoms with E-state index in [4.69, 9.17) is 21.1 Å². The first-order valence-electron chi connectivity index (χ1n) is 9.21. The maximum absolute atomic E-state index is 13.1. The molecule has 1 unspecified atom stereocenters. The first kappa shape index (κ1) is 21.4. The normalized spacial score (nSPS) is 16.4. The number of anilines is 1. The predicted octanol–water partition coefficient (Wildman–Crippen LogP) is 2.89. The van der Waals surface area contributed by atoms with Gasteiger partial charge in [0.25, 0.3) is 0 Å². The van der Waals surface area contributed by atoms with E-state index in [-0.39, 0.29) is 33.4 Å². The summed E-state index contributed by atoms with van der Waals surface area (Å²) in [7, 11) is -2.34. The fourth-order valence-corrected chi connectivity index (χ4v) is 4.71. The molecule has 9 heteroatoms. The van der Waals surface area contributed by atoms with Crippen molar-refractivity contribution in [3.05, 3.63) is 47.5 Å². The Bertz CT molecular complexity index is 957. The van der Waals surface area contributed by atoms with E-state index in [1.54, 1.807) is 24.3 Å². The van der Waals surface area contributed by atoms with Crippen molar-refractivity contribution in [1.82, 2.24) is 5.32 Å². The lowest BCUT2D eigenvalue weighted by atomic mass is 10.2. The Labute approximate surface area is 175 Å². The number of halogens is 1. The number of sulfone groups is 1. The quantitative estimate of drug-likeness (QED) is 0.658. The molecule has 0 saturated carbocycles. The van der Waals surface area contributed by atoms with Crippen LogP contribution in [0.4, 0.5) is 5.69 Å². The van der Waals surface area contributed by atoms with Crippen molar-refractivity contribution in [2.75, 3.05) is 32.1 Å². The highest BCUT2D eigenvalue weighted by molar-refractivity contribution is 7.91. The summed E-state index contributed by atoms with van der Waals surface area (Å²) in [6.07, 6.45) is 1.96. The third-order valence-electron chi connectivity index (χ3n) is 4.59. The molecule has 0 aliphatic carbocycles. The standard InChI is InChI=1S/C20H23ClN2O5S/c1-27-15-5-7-17(8-6-15)29(25,26)19-11-14(21)4-9-18(19)22-13-20(24)23-12-16-3-2-10-28-16/h4-9,11,16,22H,2-3,10,12-13H2,1H3,(H,23,24). The molecule has 29 heavy (non-hydrogen) atoms. The molecule has 7 nitrogen and oxygen atoms in total. The van der Waals surface area contributed by atoms with Gasteiger partial charge in [0.2, 0.25) is 15.7 Å². The average Bonchev–Trinajstić information content (AvgIpc) is 3.25. The molecule has 1 aliphatic rings. The Morgan fingerprint density at radius 1 is 1.24 bits per heavy atom. The first-order valence-corrected chi connectivity index (χ1v) is 11.1. The summed E-state index contributed by atoms with van der Waals surface area (Å²) in [4.78, 5) is 12.2. The Morgan fingerprint density at radius 3 is 2.66 bits per heavy atom. The van der Waals surface area contributed by atoms with Gasteiger partial charge in [-0.05, 0) is 55.3 Å². The maximum atomic E-state index is 13.1. The van der Waals surface area contributed by atoms with Crippen LogP contribution in [0.15, 0.2) is 52.3 Å². The van der Waals surface area contributed by atoms with Crippen molar-refractivity contribution in [2.24, 2.45) is 0 Å². The Kier molecular flexibility index (Phi) is 7.00. The summed E-state index contributed by atoms with van der Waals surface area (Å²) in [6.45, 7) is 1.09. The van der Waals surface area contributed by atoms with Crippen molar-refractivity contribution in [1.29, 1.82) is 0 Å². The van der Waals surface area contributed by atoms with E-state index in [0.29, 0.717) is 18.0 Å². The van der Waals surface area contributed by atoms with Gasteiger partial charge in [-0.1, -0.05) is 11.6 Å². The summed E-state index contributed by atoms with van der Waals surface area (Å²) >= 11 is 6.04. The van der Waals surface area contributed by atoms with Crippen LogP contribution < -0.4 is 15.4 Å². The lowest BCUT2D eigenvalue weighted by Gasteiger charge is -2.15. The first-order chi connectivity index (χ1) is 13.9. The fraction of sp³-hybridized carbons (Fsp3) is 0.350. The zero-order valence-corrected chi connectivity index (χ0v) is 17.6. The number of carbonyl (C=O) groups is 1. The van der Waals surface area contributed by atoms with Gasteiger partial charge in [0.15, 0.2) is 0 Å². The van der Waals surface area contributed by atoms with E-state index in [9.17, 15) is 13.2 Å². The van der Waals surface area contributed by atoms with Crippen LogP contribution in [0, 0.1) is 0 Å². The molecule has 1 fully saturated rings. The molecule has 1 aliphatic heterocycles. The zero-order valence-electron chi connectivity index (χ0n) is 16.0. The second kappa shape index (κ2) is 9.47. The van der Waals surface area contributed by atoms with E-state index in [1.807, 2.05) is 0 Å². The lowest BCUT2D eigenvalue weighted by Crippen LogP contribution is -2.35. The van der Waals surface area contributed by atoms with Crippen molar-refractivity contribution in [3.8, 4) is 5.75 Å². The van der Waals surface area contributed by atoms with Gasteiger partial charge in [-0.25, -0.2) is 8.42 Å². The largest absolute Gasteiger partial charge is 0.497 e. The monoisotopic (exact) mass is 438 g/mol. The third kappa shape index (κ3) is 5.41. The SMILES string of the molecule is COc1ccc(S(=O)(=O)c2cc(Cl)ccc2NCC(=O)NCC2CCCO2)cc1. The van der Waals surface area contributed by atoms with E-state index in [2.05, 4.69) is 10.6 Å². The number of rotatable bonds is 8. The van der Waals surface area contributed by atoms with Crippen molar-refractivity contribution in [3.63, 3.8) is 0 Å². The zero-order chi connectivity index (χ0) is 20.9. The van der Waals surface area contributed by atoms with Crippen LogP contribution in [0.2, 0.25) is 5.02 Å². The summed E-state index contributed by atoms with van der Waals surface area (Å²) < 4.78 is 36.7. The highest BCUT2D eigenvalue weighted by atomic mass is 35.5. The highest BCUT2D eigenvalue weighted by Crippen LogP contribution is 2.31. The van der Waals surface area contributed by atoms with Crippen LogP contribution in [-0.4, -0.2) is 47.2 Å². The van der Waals surface area contributed by atoms with Crippen LogP contribution >= 0.6 is 11.6 Å². The smallest absolute Gasteiger partial charge is 0.239 e. The number of ether oxygens (including phenoxy) is 2. The van der Waals surface area contributed by atoms with Crippen molar-refractivity contribution >= 4 is 33.0 Å². The van der Waals surface area contributed by atoms with Crippen LogP contribution in [0.3, 0.4) is 0 Å². The number of benzene rings is 2. The van der Waals surface area contributed by atoms with Gasteiger partial charge < -0.3 is 20.1 Å². The van der Waals surface area contributed by atoms with Crippen LogP contribution in [0.5, 0.6) is 5.75 Å². The lowest BCUT2D eigenvalue weighted by molar-refractivity contribution is -0.119. The van der Waals surface area contributed by atoms with Gasteiger partial charge in [0, 0.05) is 18.2 Å². The molecule has 1 saturated heterocycles. The second-order valence-electron chi connectivity index (χ2n) is 6.61. The average molecular weight is 439 g/mol. The van der Waals surface area contributed by atoms with Gasteiger partial charge in [-0.15, -0.1) is 0 Å². The third-order valence-corrected chi connectivity index (χ3v) is 6.64. The molecule has 156 valence electrons. The second-order valence-corrected chi connectivity index (χ2v) is 8.97. The van der Waals surface area contributed by atoms with E-state index in [0.717, 1.165) is 19.4 Å². The molecule has 0 radical (unpaired) electrons. The van der Waals surface area contributed by atoms with E-state index >= 15 is 0 Å². The highest BCUT2D eigenvalue weighted by Gasteiger charge is 2.23. The number of nitrogens with one attached hydrogen (secondary N) is 2. The molecule has 0 spiro atoms. The number of carbonyl (C=O) groups excluding carboxylic acids is 1. The fourth-order valence-electron chi connectivity index (χ4n) is 3.02. The molecular weight excluding hydrogens is 416 g/mol. The predicted molar refractivity (Wildman–Crippen MR) is 110 cm³/mol. The summed E-state index contributed by atoms with van der Waals surface area (Å²) in [5, 5.41) is 5.97. The van der Waals surface area contributed by atoms with Crippen molar-refractivity contribution in [2.45, 2.75) is 28.7 Å². The Balaban J connectivity index is 1.73. The number of methoxy groups -OCH3 is 1. The minimum atomic E-state index is -3.84. The van der Waals surface area contributed by atoms with Crippen LogP contribution in [0.25, 0.3) is 0 Å². The molecule has 1 heterocycles. The molecular formula is C20H23ClN2O5S. The summed E-state index contributed by atoms with van der Waals surface area (Å²) in [5.41, 5.74) is 0.303. The van der Waals surface area contributed by atoms with Crippen LogP contribution in [-0.2, 0) is 19.4 Å². The molecule has 2 aromatic carbocycles. The Morgan fingerprint density at radius 2 is 2.00 bits per heavy atom. The van der Waals surface area contributed by atoms with Crippen LogP contribution in [0.1, 0.15) is 12.8 Å². The van der Waals surface area contributed by atoms with E-state index < -0.39 is 9.84 Å². The number of amides is 1. The Hall–Kier alpha value is -2.29. The van der Waals surface area contributed by atoms with E-state index in [1.165, 1.54) is 25.3 Å². The van der Waals surface area contributed by atoms with Gasteiger partial charge in [0.05, 0.1) is 35.2 Å². The molecule has 1 amide bonds. The number of hydrogen-bond donors (Lipinski definition) is 2. The molecule has 1 atom stereocenters. The van der Waals surface area contributed by atoms with Crippen molar-refractivity contribution < 1.29 is 22.7 Å². The number of hydrogen-bond acceptors (Lipinski definition) is 6. The topological polar surface area (TPSA) is 93.7 Å². The molecule has 2 N–H and O–H groups in total. The molecule has 2 aromatic rings. The maximum Gasteiger partial charge on any atom is 0.239 e. The molecule has 0 bridgehead atoms. The summed E-state index contributed by atoms with van der Waals surface area (Å²) in [5.74, 6) is 0.305. The van der Waals surface area contributed by atoms with Gasteiger partial charge in [-0.2, -0.15) is 0 Å².